The van der Waals surface area contributed by atoms with Crippen molar-refractivity contribution >= 4 is 11.6 Å². The normalized spacial score (nSPS) is 11.9. The summed E-state index contributed by atoms with van der Waals surface area (Å²) >= 11 is 0. The topological polar surface area (TPSA) is 118 Å². The Kier molecular flexibility index (Phi) is 6.89. The molecule has 0 radical (unpaired) electrons. The average molecular weight is 396 g/mol. The van der Waals surface area contributed by atoms with E-state index in [1.807, 2.05) is 38.1 Å². The highest BCUT2D eigenvalue weighted by molar-refractivity contribution is 5.76. The van der Waals surface area contributed by atoms with Crippen molar-refractivity contribution in [1.82, 2.24) is 9.88 Å². The van der Waals surface area contributed by atoms with Crippen LogP contribution in [0.25, 0.3) is 0 Å². The maximum atomic E-state index is 12.6. The van der Waals surface area contributed by atoms with Crippen LogP contribution in [-0.2, 0) is 11.3 Å². The Labute approximate surface area is 168 Å². The van der Waals surface area contributed by atoms with Gasteiger partial charge in [-0.25, -0.2) is 0 Å². The maximum absolute atomic E-state index is 12.6. The van der Waals surface area contributed by atoms with Crippen molar-refractivity contribution in [3.05, 3.63) is 73.7 Å². The van der Waals surface area contributed by atoms with E-state index in [4.69, 9.17) is 5.26 Å². The summed E-state index contributed by atoms with van der Waals surface area (Å²) in [5.74, 6) is 0.00897. The van der Waals surface area contributed by atoms with E-state index in [2.05, 4.69) is 19.2 Å². The van der Waals surface area contributed by atoms with Gasteiger partial charge in [-0.3, -0.25) is 24.3 Å². The van der Waals surface area contributed by atoms with Crippen LogP contribution in [0, 0.1) is 27.4 Å². The van der Waals surface area contributed by atoms with Gasteiger partial charge in [0.15, 0.2) is 0 Å². The quantitative estimate of drug-likeness (QED) is 0.569. The number of hydrogen-bond acceptors (Lipinski definition) is 5. The van der Waals surface area contributed by atoms with Crippen molar-refractivity contribution in [3.8, 4) is 6.07 Å². The smallest absolute Gasteiger partial charge is 0.287 e. The molecule has 0 unspecified atom stereocenters. The molecule has 0 aliphatic heterocycles. The Balaban J connectivity index is 2.26. The van der Waals surface area contributed by atoms with Crippen LogP contribution >= 0.6 is 0 Å². The molecule has 29 heavy (non-hydrogen) atoms. The Morgan fingerprint density at radius 1 is 1.21 bits per heavy atom. The summed E-state index contributed by atoms with van der Waals surface area (Å²) in [7, 11) is 0. The van der Waals surface area contributed by atoms with Gasteiger partial charge in [-0.2, -0.15) is 5.26 Å². The molecule has 0 aliphatic carbocycles. The molecule has 1 atom stereocenters. The van der Waals surface area contributed by atoms with Crippen molar-refractivity contribution in [2.24, 2.45) is 5.92 Å². The number of pyridine rings is 1. The third-order valence-electron chi connectivity index (χ3n) is 4.66. The predicted octanol–water partition coefficient (Wildman–Crippen LogP) is 3.27. The van der Waals surface area contributed by atoms with Crippen LogP contribution in [0.1, 0.15) is 56.3 Å². The maximum Gasteiger partial charge on any atom is 0.287 e. The largest absolute Gasteiger partial charge is 0.347 e. The van der Waals surface area contributed by atoms with Gasteiger partial charge in [-0.1, -0.05) is 52.0 Å². The molecule has 2 rings (SSSR count). The van der Waals surface area contributed by atoms with Crippen molar-refractivity contribution in [2.45, 2.75) is 46.2 Å². The van der Waals surface area contributed by atoms with Crippen LogP contribution < -0.4 is 10.9 Å². The van der Waals surface area contributed by atoms with Gasteiger partial charge in [0.25, 0.3) is 11.2 Å². The van der Waals surface area contributed by atoms with E-state index in [0.717, 1.165) is 22.4 Å². The average Bonchev–Trinajstić information content (AvgIpc) is 2.67. The highest BCUT2D eigenvalue weighted by atomic mass is 16.6. The molecule has 0 saturated carbocycles. The molecule has 8 heteroatoms. The highest BCUT2D eigenvalue weighted by Crippen LogP contribution is 2.24. The number of carbonyl (C=O) groups excluding carboxylic acids is 1. The summed E-state index contributed by atoms with van der Waals surface area (Å²) < 4.78 is 0.894. The van der Waals surface area contributed by atoms with Crippen molar-refractivity contribution in [1.29, 1.82) is 5.26 Å². The number of nitrogens with zero attached hydrogens (tertiary/aromatic N) is 3. The summed E-state index contributed by atoms with van der Waals surface area (Å²) in [4.78, 5) is 35.1. The summed E-state index contributed by atoms with van der Waals surface area (Å²) in [6.45, 7) is 7.72. The number of nitro groups is 1. The number of nitriles is 1. The fourth-order valence-electron chi connectivity index (χ4n) is 3.01. The van der Waals surface area contributed by atoms with Gasteiger partial charge in [-0.05, 0) is 23.0 Å². The number of carbonyl (C=O) groups is 1. The molecule has 1 heterocycles. The van der Waals surface area contributed by atoms with Gasteiger partial charge in [0, 0.05) is 6.07 Å². The number of rotatable bonds is 7. The van der Waals surface area contributed by atoms with Gasteiger partial charge in [0.05, 0.1) is 17.2 Å². The number of benzene rings is 1. The monoisotopic (exact) mass is 396 g/mol. The Morgan fingerprint density at radius 3 is 2.28 bits per heavy atom. The lowest BCUT2D eigenvalue weighted by Gasteiger charge is -2.23. The molecule has 8 nitrogen and oxygen atoms in total. The van der Waals surface area contributed by atoms with Crippen LogP contribution in [-0.4, -0.2) is 15.4 Å². The van der Waals surface area contributed by atoms with Crippen LogP contribution in [0.5, 0.6) is 0 Å². The summed E-state index contributed by atoms with van der Waals surface area (Å²) in [5, 5.41) is 22.9. The number of hydrogen-bond donors (Lipinski definition) is 1. The first-order valence-corrected chi connectivity index (χ1v) is 9.32. The molecule has 0 fully saturated rings. The molecule has 1 N–H and O–H groups in total. The summed E-state index contributed by atoms with van der Waals surface area (Å²) in [6.07, 6.45) is 0.977. The lowest BCUT2D eigenvalue weighted by molar-refractivity contribution is -0.385. The van der Waals surface area contributed by atoms with E-state index < -0.39 is 28.6 Å². The van der Waals surface area contributed by atoms with Crippen LogP contribution in [0.4, 0.5) is 5.69 Å². The molecule has 152 valence electrons. The standard InChI is InChI=1S/C21H24N4O4/c1-13(2)15-5-7-16(8-6-15)20(14(3)4)23-19(26)12-24-11-18(25(28)29)9-17(10-22)21(24)27/h5-9,11,13-14,20H,12H2,1-4H3,(H,23,26)/t20-/m1/s1. The molecule has 0 saturated heterocycles. The molecule has 2 aromatic rings. The van der Waals surface area contributed by atoms with Crippen molar-refractivity contribution in [2.75, 3.05) is 0 Å². The van der Waals surface area contributed by atoms with Crippen LogP contribution in [0.15, 0.2) is 41.3 Å². The summed E-state index contributed by atoms with van der Waals surface area (Å²) in [5.41, 5.74) is 0.586. The molecule has 0 aliphatic rings. The second-order valence-electron chi connectivity index (χ2n) is 7.52. The van der Waals surface area contributed by atoms with Gasteiger partial charge in [-0.15, -0.1) is 0 Å². The van der Waals surface area contributed by atoms with E-state index in [9.17, 15) is 19.7 Å². The van der Waals surface area contributed by atoms with E-state index in [0.29, 0.717) is 5.92 Å². The zero-order valence-electron chi connectivity index (χ0n) is 16.9. The zero-order chi connectivity index (χ0) is 21.7. The number of aromatic nitrogens is 1. The van der Waals surface area contributed by atoms with E-state index in [1.54, 1.807) is 6.07 Å². The third-order valence-corrected chi connectivity index (χ3v) is 4.66. The van der Waals surface area contributed by atoms with Crippen molar-refractivity contribution in [3.63, 3.8) is 0 Å². The third kappa shape index (κ3) is 5.29. The van der Waals surface area contributed by atoms with E-state index in [-0.39, 0.29) is 17.5 Å². The number of nitrogens with one attached hydrogen (secondary N) is 1. The lowest BCUT2D eigenvalue weighted by atomic mass is 9.93. The molecule has 1 amide bonds. The Hall–Kier alpha value is -3.47. The SMILES string of the molecule is CC(C)c1ccc([C@H](NC(=O)Cn2cc([N+](=O)[O-])cc(C#N)c2=O)C(C)C)cc1. The molecule has 0 bridgehead atoms. The van der Waals surface area contributed by atoms with Gasteiger partial charge >= 0.3 is 0 Å². The van der Waals surface area contributed by atoms with Gasteiger partial charge in [0.1, 0.15) is 18.2 Å². The fraction of sp³-hybridized carbons (Fsp3) is 0.381. The van der Waals surface area contributed by atoms with Gasteiger partial charge < -0.3 is 5.32 Å². The number of amides is 1. The fourth-order valence-corrected chi connectivity index (χ4v) is 3.01. The molecule has 1 aromatic carbocycles. The van der Waals surface area contributed by atoms with Crippen LogP contribution in [0.3, 0.4) is 0 Å². The highest BCUT2D eigenvalue weighted by Gasteiger charge is 2.20. The van der Waals surface area contributed by atoms with Gasteiger partial charge in [0.2, 0.25) is 5.91 Å². The minimum atomic E-state index is -0.740. The van der Waals surface area contributed by atoms with E-state index in [1.165, 1.54) is 5.56 Å². The lowest BCUT2D eigenvalue weighted by Crippen LogP contribution is -2.37. The Bertz CT molecular complexity index is 1000. The van der Waals surface area contributed by atoms with Crippen LogP contribution in [0.2, 0.25) is 0 Å². The summed E-state index contributed by atoms with van der Waals surface area (Å²) in [6, 6.07) is 10.2. The first kappa shape index (κ1) is 21.8. The van der Waals surface area contributed by atoms with E-state index >= 15 is 0 Å². The first-order valence-electron chi connectivity index (χ1n) is 9.32. The molecular formula is C21H24N4O4. The van der Waals surface area contributed by atoms with Crippen molar-refractivity contribution < 1.29 is 9.72 Å². The molecule has 1 aromatic heterocycles. The molecular weight excluding hydrogens is 372 g/mol. The zero-order valence-corrected chi connectivity index (χ0v) is 16.9. The minimum absolute atomic E-state index is 0.0837. The minimum Gasteiger partial charge on any atom is -0.347 e. The first-order chi connectivity index (χ1) is 13.6. The molecule has 0 spiro atoms. The Morgan fingerprint density at radius 2 is 1.79 bits per heavy atom. The second-order valence-corrected chi connectivity index (χ2v) is 7.52. The second kappa shape index (κ2) is 9.15. The predicted molar refractivity (Wildman–Crippen MR) is 108 cm³/mol.